The minimum Gasteiger partial charge on any atom is -0.493 e. The highest BCUT2D eigenvalue weighted by Crippen LogP contribution is 2.32. The quantitative estimate of drug-likeness (QED) is 0.462. The lowest BCUT2D eigenvalue weighted by atomic mass is 10.0. The molecule has 2 aromatic rings. The number of carboxylic acid groups (broad SMARTS) is 1. The summed E-state index contributed by atoms with van der Waals surface area (Å²) in [7, 11) is 2.91. The number of carboxylic acids is 1. The molecule has 0 aliphatic carbocycles. The van der Waals surface area contributed by atoms with Crippen molar-refractivity contribution in [2.45, 2.75) is 13.5 Å². The number of amidine groups is 1. The van der Waals surface area contributed by atoms with E-state index in [2.05, 4.69) is 5.32 Å². The molecule has 0 radical (unpaired) electrons. The maximum atomic E-state index is 12.9. The number of Topliss-reactive ketones (excluding diaryl/α,β-unsaturated/α-hetero) is 1. The number of methoxy groups -OCH3 is 1. The standard InChI is InChI=1S/C23H25N3O7/c1-4-32-19-8-14-10-26(22(24)15(14)9-16(19)23(30)25-2)11-17(27)13-5-6-18(20(7-13)31-3)33-12-21(28)29/h5-9,24H,4,10-12H2,1-3H3,(H,25,30)(H,28,29). The number of rotatable bonds is 10. The fraction of sp³-hybridized carbons (Fsp3) is 0.304. The molecule has 1 heterocycles. The molecule has 0 bridgehead atoms. The molecule has 0 saturated heterocycles. The summed E-state index contributed by atoms with van der Waals surface area (Å²) in [5, 5.41) is 19.9. The van der Waals surface area contributed by atoms with Gasteiger partial charge in [-0.1, -0.05) is 0 Å². The van der Waals surface area contributed by atoms with Gasteiger partial charge in [0.25, 0.3) is 5.91 Å². The third kappa shape index (κ3) is 5.05. The Morgan fingerprint density at radius 1 is 1.12 bits per heavy atom. The average molecular weight is 455 g/mol. The molecule has 3 N–H and O–H groups in total. The Hall–Kier alpha value is -4.08. The molecule has 0 aromatic heterocycles. The zero-order valence-electron chi connectivity index (χ0n) is 18.6. The average Bonchev–Trinajstić information content (AvgIpc) is 3.10. The van der Waals surface area contributed by atoms with Crippen molar-refractivity contribution in [3.8, 4) is 17.2 Å². The Labute approximate surface area is 190 Å². The topological polar surface area (TPSA) is 138 Å². The van der Waals surface area contributed by atoms with Crippen molar-refractivity contribution < 1.29 is 33.7 Å². The fourth-order valence-corrected chi connectivity index (χ4v) is 3.51. The Bertz CT molecular complexity index is 1110. The van der Waals surface area contributed by atoms with E-state index in [9.17, 15) is 14.4 Å². The maximum Gasteiger partial charge on any atom is 0.341 e. The van der Waals surface area contributed by atoms with E-state index in [1.165, 1.54) is 32.4 Å². The summed E-state index contributed by atoms with van der Waals surface area (Å²) in [6.45, 7) is 1.93. The summed E-state index contributed by atoms with van der Waals surface area (Å²) < 4.78 is 16.0. The first-order valence-corrected chi connectivity index (χ1v) is 10.2. The van der Waals surface area contributed by atoms with Crippen molar-refractivity contribution in [3.05, 3.63) is 52.6 Å². The van der Waals surface area contributed by atoms with Gasteiger partial charge in [-0.3, -0.25) is 15.0 Å². The Morgan fingerprint density at radius 3 is 2.52 bits per heavy atom. The van der Waals surface area contributed by atoms with Gasteiger partial charge in [0, 0.05) is 24.7 Å². The number of fused-ring (bicyclic) bond motifs is 1. The van der Waals surface area contributed by atoms with Gasteiger partial charge in [0.05, 0.1) is 25.8 Å². The van der Waals surface area contributed by atoms with Gasteiger partial charge in [-0.15, -0.1) is 0 Å². The summed E-state index contributed by atoms with van der Waals surface area (Å²) in [6.07, 6.45) is 0. The van der Waals surface area contributed by atoms with E-state index in [0.717, 1.165) is 5.56 Å². The molecule has 0 saturated carbocycles. The van der Waals surface area contributed by atoms with Gasteiger partial charge >= 0.3 is 5.97 Å². The molecule has 0 atom stereocenters. The van der Waals surface area contributed by atoms with E-state index in [-0.39, 0.29) is 35.6 Å². The number of carbonyl (C=O) groups is 3. The SMILES string of the molecule is CCOc1cc2c(cc1C(=O)NC)C(=N)N(CC(=O)c1ccc(OCC(=O)O)c(OC)c1)C2. The largest absolute Gasteiger partial charge is 0.493 e. The van der Waals surface area contributed by atoms with E-state index < -0.39 is 12.6 Å². The van der Waals surface area contributed by atoms with Gasteiger partial charge in [-0.05, 0) is 42.8 Å². The summed E-state index contributed by atoms with van der Waals surface area (Å²) in [5.41, 5.74) is 2.02. The zero-order valence-corrected chi connectivity index (χ0v) is 18.6. The van der Waals surface area contributed by atoms with E-state index in [1.54, 1.807) is 17.0 Å². The first-order chi connectivity index (χ1) is 15.8. The van der Waals surface area contributed by atoms with Gasteiger partial charge in [0.2, 0.25) is 0 Å². The summed E-state index contributed by atoms with van der Waals surface area (Å²) in [6, 6.07) is 7.82. The third-order valence-corrected chi connectivity index (χ3v) is 5.08. The fourth-order valence-electron chi connectivity index (χ4n) is 3.51. The first-order valence-electron chi connectivity index (χ1n) is 10.2. The number of amides is 1. The monoisotopic (exact) mass is 455 g/mol. The summed E-state index contributed by atoms with van der Waals surface area (Å²) in [4.78, 5) is 37.5. The van der Waals surface area contributed by atoms with Crippen LogP contribution in [-0.2, 0) is 11.3 Å². The Kier molecular flexibility index (Phi) is 7.17. The minimum absolute atomic E-state index is 0.0642. The smallest absolute Gasteiger partial charge is 0.341 e. The lowest BCUT2D eigenvalue weighted by molar-refractivity contribution is -0.139. The number of nitrogens with zero attached hydrogens (tertiary/aromatic N) is 1. The van der Waals surface area contributed by atoms with Crippen LogP contribution in [0.5, 0.6) is 17.2 Å². The van der Waals surface area contributed by atoms with Gasteiger partial charge in [-0.25, -0.2) is 4.79 Å². The second-order valence-electron chi connectivity index (χ2n) is 7.19. The number of ketones is 1. The molecule has 2 aromatic carbocycles. The molecule has 3 rings (SSSR count). The lowest BCUT2D eigenvalue weighted by Crippen LogP contribution is -2.30. The Balaban J connectivity index is 1.79. The molecular formula is C23H25N3O7. The number of ether oxygens (including phenoxy) is 3. The molecule has 1 aliphatic rings. The molecule has 1 amide bonds. The molecule has 174 valence electrons. The number of benzene rings is 2. The molecule has 0 unspecified atom stereocenters. The van der Waals surface area contributed by atoms with Gasteiger partial charge in [0.1, 0.15) is 11.6 Å². The number of hydrogen-bond acceptors (Lipinski definition) is 7. The van der Waals surface area contributed by atoms with Crippen molar-refractivity contribution in [1.82, 2.24) is 10.2 Å². The van der Waals surface area contributed by atoms with Gasteiger partial charge in [0.15, 0.2) is 23.9 Å². The molecule has 33 heavy (non-hydrogen) atoms. The van der Waals surface area contributed by atoms with Crippen LogP contribution in [0.15, 0.2) is 30.3 Å². The van der Waals surface area contributed by atoms with Crippen LogP contribution in [0.3, 0.4) is 0 Å². The van der Waals surface area contributed by atoms with Gasteiger partial charge in [-0.2, -0.15) is 0 Å². The molecule has 10 nitrogen and oxygen atoms in total. The van der Waals surface area contributed by atoms with E-state index in [0.29, 0.717) is 35.6 Å². The normalized spacial score (nSPS) is 12.2. The van der Waals surface area contributed by atoms with Crippen LogP contribution in [0.4, 0.5) is 0 Å². The van der Waals surface area contributed by atoms with E-state index >= 15 is 0 Å². The number of aliphatic carboxylic acids is 1. The van der Waals surface area contributed by atoms with Crippen LogP contribution < -0.4 is 19.5 Å². The molecule has 1 aliphatic heterocycles. The first kappa shape index (κ1) is 23.6. The Morgan fingerprint density at radius 2 is 1.88 bits per heavy atom. The van der Waals surface area contributed by atoms with Crippen molar-refractivity contribution >= 4 is 23.5 Å². The van der Waals surface area contributed by atoms with Crippen LogP contribution >= 0.6 is 0 Å². The number of hydrogen-bond donors (Lipinski definition) is 3. The van der Waals surface area contributed by atoms with Crippen LogP contribution in [0.1, 0.15) is 38.8 Å². The van der Waals surface area contributed by atoms with Crippen molar-refractivity contribution in [2.75, 3.05) is 33.9 Å². The van der Waals surface area contributed by atoms with Gasteiger partial charge < -0.3 is 29.5 Å². The van der Waals surface area contributed by atoms with Crippen LogP contribution in [-0.4, -0.2) is 67.4 Å². The zero-order chi connectivity index (χ0) is 24.1. The van der Waals surface area contributed by atoms with Crippen LogP contribution in [0, 0.1) is 5.41 Å². The highest BCUT2D eigenvalue weighted by Gasteiger charge is 2.29. The predicted molar refractivity (Wildman–Crippen MR) is 119 cm³/mol. The third-order valence-electron chi connectivity index (χ3n) is 5.08. The lowest BCUT2D eigenvalue weighted by Gasteiger charge is -2.17. The van der Waals surface area contributed by atoms with E-state index in [1.807, 2.05) is 6.92 Å². The summed E-state index contributed by atoms with van der Waals surface area (Å²) >= 11 is 0. The predicted octanol–water partition coefficient (Wildman–Crippen LogP) is 1.94. The number of nitrogens with one attached hydrogen (secondary N) is 2. The highest BCUT2D eigenvalue weighted by atomic mass is 16.5. The van der Waals surface area contributed by atoms with Crippen molar-refractivity contribution in [3.63, 3.8) is 0 Å². The molecule has 0 fully saturated rings. The second kappa shape index (κ2) is 10.0. The summed E-state index contributed by atoms with van der Waals surface area (Å²) in [5.74, 6) is -0.691. The minimum atomic E-state index is -1.13. The molecule has 0 spiro atoms. The van der Waals surface area contributed by atoms with Crippen molar-refractivity contribution in [1.29, 1.82) is 5.41 Å². The van der Waals surface area contributed by atoms with Crippen molar-refractivity contribution in [2.24, 2.45) is 0 Å². The molecule has 10 heteroatoms. The number of carbonyl (C=O) groups excluding carboxylic acids is 2. The van der Waals surface area contributed by atoms with Crippen LogP contribution in [0.25, 0.3) is 0 Å². The second-order valence-corrected chi connectivity index (χ2v) is 7.19. The highest BCUT2D eigenvalue weighted by molar-refractivity contribution is 6.07. The molecular weight excluding hydrogens is 430 g/mol. The van der Waals surface area contributed by atoms with E-state index in [4.69, 9.17) is 24.7 Å². The maximum absolute atomic E-state index is 12.9. The van der Waals surface area contributed by atoms with Crippen LogP contribution in [0.2, 0.25) is 0 Å².